The van der Waals surface area contributed by atoms with Crippen LogP contribution in [0.3, 0.4) is 0 Å². The van der Waals surface area contributed by atoms with Crippen molar-refractivity contribution in [2.75, 3.05) is 19.6 Å². The lowest BCUT2D eigenvalue weighted by Crippen LogP contribution is -2.45. The second-order valence-corrected chi connectivity index (χ2v) is 5.85. The van der Waals surface area contributed by atoms with Crippen LogP contribution < -0.4 is 10.6 Å². The maximum Gasteiger partial charge on any atom is 0.324 e. The summed E-state index contributed by atoms with van der Waals surface area (Å²) in [5, 5.41) is 13.6. The van der Waals surface area contributed by atoms with E-state index < -0.39 is 23.3 Å². The molecule has 0 bridgehead atoms. The number of nitrogens with one attached hydrogen (secondary N) is 2. The molecule has 0 unspecified atom stereocenters. The molecule has 118 valence electrons. The molecule has 8 heteroatoms. The Kier molecular flexibility index (Phi) is 5.69. The molecule has 0 aromatic rings. The summed E-state index contributed by atoms with van der Waals surface area (Å²) in [6.07, 6.45) is -0.0150. The number of rotatable bonds is 4. The number of urea groups is 1. The molecule has 4 amide bonds. The number of imide groups is 1. The van der Waals surface area contributed by atoms with Crippen LogP contribution in [-0.2, 0) is 14.4 Å². The number of aliphatic carboxylic acids is 1. The van der Waals surface area contributed by atoms with E-state index in [0.29, 0.717) is 13.1 Å². The van der Waals surface area contributed by atoms with Gasteiger partial charge in [0.05, 0.1) is 6.42 Å². The smallest absolute Gasteiger partial charge is 0.324 e. The summed E-state index contributed by atoms with van der Waals surface area (Å²) in [4.78, 5) is 47.0. The third-order valence-corrected chi connectivity index (χ3v) is 3.12. The zero-order valence-electron chi connectivity index (χ0n) is 12.3. The monoisotopic (exact) mass is 299 g/mol. The minimum atomic E-state index is -0.990. The second-order valence-electron chi connectivity index (χ2n) is 5.85. The fourth-order valence-electron chi connectivity index (χ4n) is 2.12. The predicted molar refractivity (Wildman–Crippen MR) is 73.4 cm³/mol. The van der Waals surface area contributed by atoms with Crippen molar-refractivity contribution < 1.29 is 24.3 Å². The van der Waals surface area contributed by atoms with Crippen LogP contribution in [0.2, 0.25) is 0 Å². The van der Waals surface area contributed by atoms with Crippen molar-refractivity contribution in [1.82, 2.24) is 15.5 Å². The summed E-state index contributed by atoms with van der Waals surface area (Å²) < 4.78 is 0. The summed E-state index contributed by atoms with van der Waals surface area (Å²) in [7, 11) is 0. The van der Waals surface area contributed by atoms with E-state index in [4.69, 9.17) is 5.11 Å². The number of carbonyl (C=O) groups excluding carboxylic acids is 3. The Morgan fingerprint density at radius 2 is 1.95 bits per heavy atom. The van der Waals surface area contributed by atoms with Crippen molar-refractivity contribution in [2.24, 2.45) is 5.41 Å². The Morgan fingerprint density at radius 3 is 2.57 bits per heavy atom. The van der Waals surface area contributed by atoms with Gasteiger partial charge < -0.3 is 15.3 Å². The molecule has 1 rings (SSSR count). The first-order valence-electron chi connectivity index (χ1n) is 6.77. The van der Waals surface area contributed by atoms with Gasteiger partial charge in [-0.3, -0.25) is 19.7 Å². The van der Waals surface area contributed by atoms with Gasteiger partial charge in [0, 0.05) is 32.5 Å². The first-order valence-corrected chi connectivity index (χ1v) is 6.77. The van der Waals surface area contributed by atoms with Crippen LogP contribution in [-0.4, -0.2) is 53.5 Å². The van der Waals surface area contributed by atoms with E-state index in [-0.39, 0.29) is 31.7 Å². The van der Waals surface area contributed by atoms with Crippen LogP contribution in [0.1, 0.15) is 33.1 Å². The zero-order valence-corrected chi connectivity index (χ0v) is 12.3. The van der Waals surface area contributed by atoms with Gasteiger partial charge in [-0.05, 0) is 5.41 Å². The summed E-state index contributed by atoms with van der Waals surface area (Å²) >= 11 is 0. The van der Waals surface area contributed by atoms with Crippen molar-refractivity contribution in [3.05, 3.63) is 0 Å². The molecule has 0 spiro atoms. The van der Waals surface area contributed by atoms with E-state index in [2.05, 4.69) is 10.6 Å². The Balaban J connectivity index is 2.48. The normalized spacial score (nSPS) is 15.9. The van der Waals surface area contributed by atoms with Crippen molar-refractivity contribution in [3.63, 3.8) is 0 Å². The van der Waals surface area contributed by atoms with Gasteiger partial charge in [-0.25, -0.2) is 4.79 Å². The summed E-state index contributed by atoms with van der Waals surface area (Å²) in [5.41, 5.74) is -0.730. The first kappa shape index (κ1) is 16.9. The Bertz CT molecular complexity index is 447. The molecule has 0 aliphatic carbocycles. The van der Waals surface area contributed by atoms with Crippen molar-refractivity contribution >= 4 is 23.8 Å². The minimum Gasteiger partial charge on any atom is -0.481 e. The molecule has 0 aromatic heterocycles. The van der Waals surface area contributed by atoms with E-state index >= 15 is 0 Å². The van der Waals surface area contributed by atoms with Crippen molar-refractivity contribution in [1.29, 1.82) is 0 Å². The number of hydrogen-bond acceptors (Lipinski definition) is 4. The quantitative estimate of drug-likeness (QED) is 0.672. The molecule has 0 saturated carbocycles. The highest BCUT2D eigenvalue weighted by Crippen LogP contribution is 2.24. The molecule has 1 fully saturated rings. The van der Waals surface area contributed by atoms with E-state index in [0.717, 1.165) is 0 Å². The van der Waals surface area contributed by atoms with Crippen LogP contribution in [0.5, 0.6) is 0 Å². The Morgan fingerprint density at radius 1 is 1.29 bits per heavy atom. The molecule has 21 heavy (non-hydrogen) atoms. The molecular weight excluding hydrogens is 278 g/mol. The summed E-state index contributed by atoms with van der Waals surface area (Å²) in [6, 6.07) is -0.553. The highest BCUT2D eigenvalue weighted by atomic mass is 16.4. The van der Waals surface area contributed by atoms with Gasteiger partial charge in [-0.1, -0.05) is 13.8 Å². The molecule has 1 heterocycles. The lowest BCUT2D eigenvalue weighted by atomic mass is 9.85. The predicted octanol–water partition coefficient (Wildman–Crippen LogP) is -0.0645. The van der Waals surface area contributed by atoms with E-state index in [1.54, 1.807) is 13.8 Å². The van der Waals surface area contributed by atoms with Crippen LogP contribution >= 0.6 is 0 Å². The van der Waals surface area contributed by atoms with Crippen molar-refractivity contribution in [3.8, 4) is 0 Å². The lowest BCUT2D eigenvalue weighted by Gasteiger charge is -2.23. The number of carbonyl (C=O) groups is 4. The first-order chi connectivity index (χ1) is 9.69. The summed E-state index contributed by atoms with van der Waals surface area (Å²) in [6.45, 7) is 4.25. The van der Waals surface area contributed by atoms with E-state index in [1.165, 1.54) is 4.90 Å². The molecule has 1 aliphatic rings. The van der Waals surface area contributed by atoms with Gasteiger partial charge in [-0.2, -0.15) is 0 Å². The van der Waals surface area contributed by atoms with E-state index in [1.807, 2.05) is 0 Å². The largest absolute Gasteiger partial charge is 0.481 e. The Hall–Kier alpha value is -2.12. The molecule has 0 atom stereocenters. The second kappa shape index (κ2) is 7.05. The maximum absolute atomic E-state index is 11.9. The fraction of sp³-hybridized carbons (Fsp3) is 0.692. The van der Waals surface area contributed by atoms with Crippen molar-refractivity contribution in [2.45, 2.75) is 33.1 Å². The Labute approximate surface area is 122 Å². The molecule has 8 nitrogen and oxygen atoms in total. The van der Waals surface area contributed by atoms with Gasteiger partial charge >= 0.3 is 12.0 Å². The molecule has 0 aromatic carbocycles. The van der Waals surface area contributed by atoms with Gasteiger partial charge in [0.2, 0.25) is 11.8 Å². The number of carboxylic acids is 1. The van der Waals surface area contributed by atoms with Gasteiger partial charge in [0.25, 0.3) is 0 Å². The van der Waals surface area contributed by atoms with Crippen LogP contribution in [0.15, 0.2) is 0 Å². The topological polar surface area (TPSA) is 116 Å². The molecular formula is C13H21N3O5. The third-order valence-electron chi connectivity index (χ3n) is 3.12. The highest BCUT2D eigenvalue weighted by molar-refractivity contribution is 5.95. The highest BCUT2D eigenvalue weighted by Gasteiger charge is 2.27. The van der Waals surface area contributed by atoms with Crippen LogP contribution in [0, 0.1) is 5.41 Å². The fourth-order valence-corrected chi connectivity index (χ4v) is 2.12. The van der Waals surface area contributed by atoms with Gasteiger partial charge in [0.1, 0.15) is 0 Å². The van der Waals surface area contributed by atoms with E-state index in [9.17, 15) is 19.2 Å². The average molecular weight is 299 g/mol. The molecule has 1 aliphatic heterocycles. The van der Waals surface area contributed by atoms with Crippen LogP contribution in [0.4, 0.5) is 4.79 Å². The number of hydrogen-bond donors (Lipinski definition) is 3. The molecule has 0 radical (unpaired) electrons. The maximum atomic E-state index is 11.9. The van der Waals surface area contributed by atoms with Crippen LogP contribution in [0.25, 0.3) is 0 Å². The zero-order chi connectivity index (χ0) is 16.0. The SMILES string of the molecule is CC(C)(CC(=O)O)CC(=O)NC(=O)N1CCNC(=O)CC1. The standard InChI is InChI=1S/C13H21N3O5/c1-13(2,8-11(19)20)7-10(18)15-12(21)16-5-3-9(17)14-4-6-16/h3-8H2,1-2H3,(H,14,17)(H,19,20)(H,15,18,21). The number of carboxylic acid groups (broad SMARTS) is 1. The minimum absolute atomic E-state index is 0.0595. The summed E-state index contributed by atoms with van der Waals surface area (Å²) in [5.74, 6) is -1.63. The average Bonchev–Trinajstić information content (AvgIpc) is 2.50. The van der Waals surface area contributed by atoms with Gasteiger partial charge in [-0.15, -0.1) is 0 Å². The molecule has 3 N–H and O–H groups in total. The lowest BCUT2D eigenvalue weighted by molar-refractivity contribution is -0.139. The molecule has 1 saturated heterocycles. The third kappa shape index (κ3) is 6.24. The van der Waals surface area contributed by atoms with Gasteiger partial charge in [0.15, 0.2) is 0 Å². The number of amides is 4. The number of nitrogens with zero attached hydrogens (tertiary/aromatic N) is 1.